The predicted molar refractivity (Wildman–Crippen MR) is 84.9 cm³/mol. The second-order valence-electron chi connectivity index (χ2n) is 4.79. The van der Waals surface area contributed by atoms with E-state index in [0.29, 0.717) is 17.1 Å². The maximum Gasteiger partial charge on any atom is 0.332 e. The fraction of sp³-hybridized carbons (Fsp3) is 0.176. The predicted octanol–water partition coefficient (Wildman–Crippen LogP) is 2.80. The SMILES string of the molecule is COc1cccc2c(OC)c(/C=C(\CC(=O)O)C(=O)O)ccc12. The summed E-state index contributed by atoms with van der Waals surface area (Å²) in [5.74, 6) is -1.36. The molecule has 0 saturated carbocycles. The zero-order valence-electron chi connectivity index (χ0n) is 12.7. The number of benzene rings is 2. The van der Waals surface area contributed by atoms with Gasteiger partial charge >= 0.3 is 11.9 Å². The summed E-state index contributed by atoms with van der Waals surface area (Å²) < 4.78 is 10.7. The Bertz CT molecular complexity index is 791. The molecule has 2 aromatic rings. The van der Waals surface area contributed by atoms with Gasteiger partial charge in [0.1, 0.15) is 11.5 Å². The summed E-state index contributed by atoms with van der Waals surface area (Å²) in [6.07, 6.45) is 0.739. The van der Waals surface area contributed by atoms with Crippen molar-refractivity contribution in [3.8, 4) is 11.5 Å². The van der Waals surface area contributed by atoms with Gasteiger partial charge in [-0.05, 0) is 18.2 Å². The fourth-order valence-electron chi connectivity index (χ4n) is 2.38. The topological polar surface area (TPSA) is 93.1 Å². The van der Waals surface area contributed by atoms with E-state index in [1.54, 1.807) is 25.3 Å². The first-order valence-electron chi connectivity index (χ1n) is 6.77. The molecular formula is C17H16O6. The molecule has 6 heteroatoms. The first-order valence-corrected chi connectivity index (χ1v) is 6.77. The van der Waals surface area contributed by atoms with Crippen LogP contribution >= 0.6 is 0 Å². The van der Waals surface area contributed by atoms with E-state index in [-0.39, 0.29) is 5.57 Å². The maximum absolute atomic E-state index is 11.2. The number of rotatable bonds is 6. The number of fused-ring (bicyclic) bond motifs is 1. The van der Waals surface area contributed by atoms with Crippen molar-refractivity contribution >= 4 is 28.8 Å². The van der Waals surface area contributed by atoms with Gasteiger partial charge in [0.2, 0.25) is 0 Å². The van der Waals surface area contributed by atoms with Gasteiger partial charge in [0.15, 0.2) is 0 Å². The summed E-state index contributed by atoms with van der Waals surface area (Å²) in [6.45, 7) is 0. The van der Waals surface area contributed by atoms with Crippen LogP contribution in [0.1, 0.15) is 12.0 Å². The second kappa shape index (κ2) is 6.83. The third kappa shape index (κ3) is 3.42. The van der Waals surface area contributed by atoms with E-state index in [4.69, 9.17) is 19.7 Å². The van der Waals surface area contributed by atoms with Gasteiger partial charge in [-0.3, -0.25) is 4.79 Å². The molecule has 0 aliphatic carbocycles. The molecule has 0 atom stereocenters. The molecule has 2 rings (SSSR count). The molecule has 6 nitrogen and oxygen atoms in total. The highest BCUT2D eigenvalue weighted by atomic mass is 16.5. The smallest absolute Gasteiger partial charge is 0.332 e. The zero-order valence-corrected chi connectivity index (χ0v) is 12.7. The Morgan fingerprint density at radius 1 is 1.04 bits per heavy atom. The molecule has 120 valence electrons. The van der Waals surface area contributed by atoms with Crippen LogP contribution < -0.4 is 9.47 Å². The molecule has 0 fully saturated rings. The van der Waals surface area contributed by atoms with Crippen LogP contribution in [0.5, 0.6) is 11.5 Å². The average molecular weight is 316 g/mol. The molecule has 0 saturated heterocycles. The van der Waals surface area contributed by atoms with Crippen LogP contribution in [0.4, 0.5) is 0 Å². The van der Waals surface area contributed by atoms with E-state index < -0.39 is 18.4 Å². The Morgan fingerprint density at radius 3 is 2.35 bits per heavy atom. The van der Waals surface area contributed by atoms with Crippen LogP contribution in [-0.2, 0) is 9.59 Å². The lowest BCUT2D eigenvalue weighted by Crippen LogP contribution is -2.06. The van der Waals surface area contributed by atoms with Gasteiger partial charge < -0.3 is 19.7 Å². The van der Waals surface area contributed by atoms with Gasteiger partial charge in [-0.2, -0.15) is 0 Å². The van der Waals surface area contributed by atoms with Crippen LogP contribution in [0.25, 0.3) is 16.8 Å². The van der Waals surface area contributed by atoms with Crippen molar-refractivity contribution in [1.29, 1.82) is 0 Å². The fourth-order valence-corrected chi connectivity index (χ4v) is 2.38. The van der Waals surface area contributed by atoms with Crippen LogP contribution in [0.15, 0.2) is 35.9 Å². The van der Waals surface area contributed by atoms with Crippen LogP contribution in [0, 0.1) is 0 Å². The Kier molecular flexibility index (Phi) is 4.85. The summed E-state index contributed by atoms with van der Waals surface area (Å²) in [6, 6.07) is 8.89. The highest BCUT2D eigenvalue weighted by molar-refractivity contribution is 6.00. The van der Waals surface area contributed by atoms with Gasteiger partial charge in [-0.25, -0.2) is 4.79 Å². The first kappa shape index (κ1) is 16.4. The lowest BCUT2D eigenvalue weighted by atomic mass is 10.0. The zero-order chi connectivity index (χ0) is 17.0. The highest BCUT2D eigenvalue weighted by Gasteiger charge is 2.15. The number of hydrogen-bond donors (Lipinski definition) is 2. The normalized spacial score (nSPS) is 11.3. The lowest BCUT2D eigenvalue weighted by molar-refractivity contribution is -0.139. The molecule has 0 aromatic heterocycles. The Labute approximate surface area is 132 Å². The highest BCUT2D eigenvalue weighted by Crippen LogP contribution is 2.35. The number of ether oxygens (including phenoxy) is 2. The lowest BCUT2D eigenvalue weighted by Gasteiger charge is -2.12. The number of methoxy groups -OCH3 is 2. The summed E-state index contributed by atoms with van der Waals surface area (Å²) in [5, 5.41) is 19.5. The van der Waals surface area contributed by atoms with Crippen LogP contribution in [0.3, 0.4) is 0 Å². The van der Waals surface area contributed by atoms with Crippen LogP contribution in [0.2, 0.25) is 0 Å². The molecule has 0 heterocycles. The van der Waals surface area contributed by atoms with Gasteiger partial charge in [0, 0.05) is 21.9 Å². The average Bonchev–Trinajstić information content (AvgIpc) is 2.52. The molecular weight excluding hydrogens is 300 g/mol. The Balaban J connectivity index is 2.65. The number of carbonyl (C=O) groups is 2. The minimum Gasteiger partial charge on any atom is -0.496 e. The van der Waals surface area contributed by atoms with Gasteiger partial charge in [-0.1, -0.05) is 18.2 Å². The Hall–Kier alpha value is -3.02. The van der Waals surface area contributed by atoms with Gasteiger partial charge in [0.05, 0.1) is 20.6 Å². The van der Waals surface area contributed by atoms with E-state index in [0.717, 1.165) is 10.8 Å². The van der Waals surface area contributed by atoms with Crippen molar-refractivity contribution in [1.82, 2.24) is 0 Å². The molecule has 0 unspecified atom stereocenters. The summed E-state index contributed by atoms with van der Waals surface area (Å²) in [4.78, 5) is 22.0. The quantitative estimate of drug-likeness (QED) is 0.796. The van der Waals surface area contributed by atoms with Crippen molar-refractivity contribution in [2.45, 2.75) is 6.42 Å². The molecule has 0 bridgehead atoms. The van der Waals surface area contributed by atoms with Crippen molar-refractivity contribution in [3.05, 3.63) is 41.5 Å². The van der Waals surface area contributed by atoms with E-state index in [9.17, 15) is 9.59 Å². The molecule has 23 heavy (non-hydrogen) atoms. The minimum absolute atomic E-state index is 0.224. The third-order valence-electron chi connectivity index (χ3n) is 3.37. The van der Waals surface area contributed by atoms with E-state index in [1.807, 2.05) is 12.1 Å². The van der Waals surface area contributed by atoms with E-state index in [2.05, 4.69) is 0 Å². The molecule has 2 N–H and O–H groups in total. The number of carboxylic acid groups (broad SMARTS) is 2. The molecule has 0 spiro atoms. The molecule has 0 aliphatic heterocycles. The molecule has 0 radical (unpaired) electrons. The number of carboxylic acids is 2. The van der Waals surface area contributed by atoms with Gasteiger partial charge in [0.25, 0.3) is 0 Å². The number of aliphatic carboxylic acids is 2. The summed E-state index contributed by atoms with van der Waals surface area (Å²) >= 11 is 0. The monoisotopic (exact) mass is 316 g/mol. The van der Waals surface area contributed by atoms with Crippen LogP contribution in [-0.4, -0.2) is 36.4 Å². The van der Waals surface area contributed by atoms with Crippen molar-refractivity contribution < 1.29 is 29.3 Å². The van der Waals surface area contributed by atoms with Crippen molar-refractivity contribution in [2.75, 3.05) is 14.2 Å². The molecule has 0 aliphatic rings. The van der Waals surface area contributed by atoms with Gasteiger partial charge in [-0.15, -0.1) is 0 Å². The third-order valence-corrected chi connectivity index (χ3v) is 3.37. The Morgan fingerprint density at radius 2 is 1.78 bits per heavy atom. The van der Waals surface area contributed by atoms with E-state index in [1.165, 1.54) is 13.2 Å². The summed E-state index contributed by atoms with van der Waals surface area (Å²) in [5.41, 5.74) is 0.268. The molecule has 2 aromatic carbocycles. The standard InChI is InChI=1S/C17H16O6/c1-22-14-5-3-4-13-12(14)7-6-10(16(13)23-2)8-11(17(20)21)9-15(18)19/h3-8H,9H2,1-2H3,(H,18,19)(H,20,21)/b11-8+. The largest absolute Gasteiger partial charge is 0.496 e. The van der Waals surface area contributed by atoms with Crippen molar-refractivity contribution in [2.24, 2.45) is 0 Å². The van der Waals surface area contributed by atoms with Crippen molar-refractivity contribution in [3.63, 3.8) is 0 Å². The second-order valence-corrected chi connectivity index (χ2v) is 4.79. The molecule has 0 amide bonds. The minimum atomic E-state index is -1.28. The first-order chi connectivity index (χ1) is 11.0. The maximum atomic E-state index is 11.2. The number of hydrogen-bond acceptors (Lipinski definition) is 4. The summed E-state index contributed by atoms with van der Waals surface area (Å²) in [7, 11) is 3.04. The van der Waals surface area contributed by atoms with E-state index >= 15 is 0 Å².